The van der Waals surface area contributed by atoms with Crippen molar-refractivity contribution in [3.63, 3.8) is 0 Å². The summed E-state index contributed by atoms with van der Waals surface area (Å²) in [5, 5.41) is 10.1. The third kappa shape index (κ3) is 3.35. The zero-order chi connectivity index (χ0) is 17.1. The quantitative estimate of drug-likeness (QED) is 0.509. The number of Topliss-reactive ketones (excluding diaryl/α,β-unsaturated/α-hetero) is 1. The maximum atomic E-state index is 12.0. The van der Waals surface area contributed by atoms with E-state index in [-0.39, 0.29) is 24.4 Å². The summed E-state index contributed by atoms with van der Waals surface area (Å²) >= 11 is 5.94. The number of fused-ring (bicyclic) bond motifs is 1. The highest BCUT2D eigenvalue weighted by Crippen LogP contribution is 2.19. The smallest absolute Gasteiger partial charge is 0.223 e. The van der Waals surface area contributed by atoms with E-state index < -0.39 is 11.9 Å². The van der Waals surface area contributed by atoms with E-state index in [1.54, 1.807) is 34.9 Å². The molecule has 3 N–H and O–H groups in total. The van der Waals surface area contributed by atoms with Gasteiger partial charge in [0, 0.05) is 5.56 Å². The van der Waals surface area contributed by atoms with E-state index in [1.807, 2.05) is 0 Å². The first-order valence-corrected chi connectivity index (χ1v) is 7.43. The number of ketones is 1. The van der Waals surface area contributed by atoms with Crippen LogP contribution in [-0.2, 0) is 11.5 Å². The first kappa shape index (κ1) is 16.3. The summed E-state index contributed by atoms with van der Waals surface area (Å²) in [5.41, 5.74) is 6.80. The van der Waals surface area contributed by atoms with Crippen molar-refractivity contribution in [1.82, 2.24) is 19.5 Å². The van der Waals surface area contributed by atoms with Crippen molar-refractivity contribution < 1.29 is 14.6 Å². The van der Waals surface area contributed by atoms with Crippen molar-refractivity contribution in [2.24, 2.45) is 0 Å². The van der Waals surface area contributed by atoms with E-state index in [2.05, 4.69) is 15.0 Å². The van der Waals surface area contributed by atoms with E-state index >= 15 is 0 Å². The van der Waals surface area contributed by atoms with E-state index in [0.29, 0.717) is 16.7 Å². The number of hydrogen-bond donors (Lipinski definition) is 2. The first-order valence-electron chi connectivity index (χ1n) is 7.05. The van der Waals surface area contributed by atoms with Crippen LogP contribution in [0.1, 0.15) is 10.4 Å². The lowest BCUT2D eigenvalue weighted by atomic mass is 10.1. The summed E-state index contributed by atoms with van der Waals surface area (Å²) in [7, 11) is 0. The molecule has 0 aliphatic rings. The number of hydrogen-bond acceptors (Lipinski definition) is 7. The van der Waals surface area contributed by atoms with Crippen molar-refractivity contribution >= 4 is 34.5 Å². The Bertz CT molecular complexity index is 868. The van der Waals surface area contributed by atoms with Gasteiger partial charge in [-0.1, -0.05) is 41.9 Å². The summed E-state index contributed by atoms with van der Waals surface area (Å²) in [6.45, 7) is -0.135. The third-order valence-electron chi connectivity index (χ3n) is 3.31. The molecule has 3 rings (SSSR count). The minimum atomic E-state index is -1.26. The number of ether oxygens (including phenoxy) is 1. The van der Waals surface area contributed by atoms with Crippen LogP contribution in [0.25, 0.3) is 11.2 Å². The molecule has 1 unspecified atom stereocenters. The van der Waals surface area contributed by atoms with Gasteiger partial charge in [-0.15, -0.1) is 0 Å². The lowest BCUT2D eigenvalue weighted by Crippen LogP contribution is -2.26. The molecule has 0 amide bonds. The van der Waals surface area contributed by atoms with Crippen LogP contribution < -0.4 is 5.73 Å². The number of nitrogens with two attached hydrogens (primary N) is 1. The summed E-state index contributed by atoms with van der Waals surface area (Å²) in [6, 6.07) is 8.52. The first-order chi connectivity index (χ1) is 11.6. The Hall–Kier alpha value is -2.55. The summed E-state index contributed by atoms with van der Waals surface area (Å²) < 4.78 is 6.93. The number of aromatic nitrogens is 4. The summed E-state index contributed by atoms with van der Waals surface area (Å²) in [6.07, 6.45) is 0.209. The molecule has 124 valence electrons. The van der Waals surface area contributed by atoms with Gasteiger partial charge in [0.15, 0.2) is 16.6 Å². The Morgan fingerprint density at radius 3 is 2.83 bits per heavy atom. The number of aliphatic hydroxyl groups is 1. The van der Waals surface area contributed by atoms with Crippen LogP contribution in [0.2, 0.25) is 5.15 Å². The van der Waals surface area contributed by atoms with Gasteiger partial charge in [0.2, 0.25) is 5.95 Å². The van der Waals surface area contributed by atoms with Crippen LogP contribution in [0, 0.1) is 0 Å². The van der Waals surface area contributed by atoms with Gasteiger partial charge < -0.3 is 15.6 Å². The van der Waals surface area contributed by atoms with Crippen LogP contribution in [0.4, 0.5) is 5.95 Å². The van der Waals surface area contributed by atoms with Gasteiger partial charge in [-0.2, -0.15) is 9.97 Å². The molecular formula is C15H14ClN5O3. The standard InChI is InChI=1S/C15H14ClN5O3/c16-13-11-14(20-15(17)19-13)21(7-18-11)8-24-6-10(22)12(23)9-4-2-1-3-5-9/h1-5,7,10,22H,6,8H2,(H2,17,19,20). The molecule has 0 radical (unpaired) electrons. The van der Waals surface area contributed by atoms with Gasteiger partial charge in [0.1, 0.15) is 18.4 Å². The molecule has 0 fully saturated rings. The van der Waals surface area contributed by atoms with E-state index in [9.17, 15) is 9.90 Å². The number of imidazole rings is 1. The van der Waals surface area contributed by atoms with Crippen LogP contribution in [0.3, 0.4) is 0 Å². The van der Waals surface area contributed by atoms with Crippen LogP contribution in [-0.4, -0.2) is 43.1 Å². The Labute approximate surface area is 141 Å². The fraction of sp³-hybridized carbons (Fsp3) is 0.200. The number of carbonyl (C=O) groups excluding carboxylic acids is 1. The van der Waals surface area contributed by atoms with Gasteiger partial charge in [0.25, 0.3) is 0 Å². The highest BCUT2D eigenvalue weighted by Gasteiger charge is 2.17. The Morgan fingerprint density at radius 2 is 2.08 bits per heavy atom. The molecule has 8 nitrogen and oxygen atoms in total. The molecular weight excluding hydrogens is 334 g/mol. The molecule has 0 aliphatic carbocycles. The fourth-order valence-corrected chi connectivity index (χ4v) is 2.37. The van der Waals surface area contributed by atoms with Crippen molar-refractivity contribution in [1.29, 1.82) is 0 Å². The molecule has 0 aliphatic heterocycles. The number of nitrogens with zero attached hydrogens (tertiary/aromatic N) is 4. The SMILES string of the molecule is Nc1nc(Cl)c2ncn(COCC(O)C(=O)c3ccccc3)c2n1. The minimum absolute atomic E-state index is 0.0218. The van der Waals surface area contributed by atoms with Crippen molar-refractivity contribution in [2.45, 2.75) is 12.8 Å². The van der Waals surface area contributed by atoms with Gasteiger partial charge in [-0.25, -0.2) is 4.98 Å². The van der Waals surface area contributed by atoms with E-state index in [0.717, 1.165) is 0 Å². The second kappa shape index (κ2) is 6.91. The number of rotatable bonds is 6. The molecule has 0 saturated heterocycles. The zero-order valence-electron chi connectivity index (χ0n) is 12.5. The second-order valence-electron chi connectivity index (χ2n) is 5.01. The average Bonchev–Trinajstić information content (AvgIpc) is 2.98. The fourth-order valence-electron chi connectivity index (χ4n) is 2.15. The molecule has 9 heteroatoms. The Balaban J connectivity index is 1.63. The minimum Gasteiger partial charge on any atom is -0.382 e. The predicted molar refractivity (Wildman–Crippen MR) is 87.5 cm³/mol. The highest BCUT2D eigenvalue weighted by atomic mass is 35.5. The van der Waals surface area contributed by atoms with Crippen molar-refractivity contribution in [2.75, 3.05) is 12.3 Å². The number of aliphatic hydroxyl groups excluding tert-OH is 1. The maximum absolute atomic E-state index is 12.0. The van der Waals surface area contributed by atoms with Crippen molar-refractivity contribution in [3.8, 4) is 0 Å². The van der Waals surface area contributed by atoms with Crippen molar-refractivity contribution in [3.05, 3.63) is 47.4 Å². The lowest BCUT2D eigenvalue weighted by Gasteiger charge is -2.11. The molecule has 24 heavy (non-hydrogen) atoms. The van der Waals surface area contributed by atoms with E-state index in [4.69, 9.17) is 22.1 Å². The van der Waals surface area contributed by atoms with E-state index in [1.165, 1.54) is 6.33 Å². The average molecular weight is 348 g/mol. The third-order valence-corrected chi connectivity index (χ3v) is 3.57. The van der Waals surface area contributed by atoms with Crippen LogP contribution in [0.5, 0.6) is 0 Å². The van der Waals surface area contributed by atoms with Gasteiger partial charge in [0.05, 0.1) is 12.9 Å². The molecule has 2 heterocycles. The molecule has 0 spiro atoms. The highest BCUT2D eigenvalue weighted by molar-refractivity contribution is 6.33. The molecule has 3 aromatic rings. The largest absolute Gasteiger partial charge is 0.382 e. The number of nitrogen functional groups attached to an aromatic ring is 1. The zero-order valence-corrected chi connectivity index (χ0v) is 13.2. The normalized spacial score (nSPS) is 12.4. The topological polar surface area (TPSA) is 116 Å². The van der Waals surface area contributed by atoms with Gasteiger partial charge in [-0.3, -0.25) is 9.36 Å². The predicted octanol–water partition coefficient (Wildman–Crippen LogP) is 1.28. The molecule has 0 saturated carbocycles. The molecule has 1 aromatic carbocycles. The number of benzene rings is 1. The Kier molecular flexibility index (Phi) is 4.70. The summed E-state index contributed by atoms with van der Waals surface area (Å²) in [5.74, 6) is -0.380. The van der Waals surface area contributed by atoms with Gasteiger partial charge in [-0.05, 0) is 0 Å². The molecule has 1 atom stereocenters. The number of anilines is 1. The lowest BCUT2D eigenvalue weighted by molar-refractivity contribution is 0.0103. The Morgan fingerprint density at radius 1 is 1.33 bits per heavy atom. The monoisotopic (exact) mass is 347 g/mol. The van der Waals surface area contributed by atoms with Gasteiger partial charge >= 0.3 is 0 Å². The van der Waals surface area contributed by atoms with Crippen LogP contribution >= 0.6 is 11.6 Å². The number of halogens is 1. The molecule has 0 bridgehead atoms. The molecule has 2 aromatic heterocycles. The maximum Gasteiger partial charge on any atom is 0.223 e. The summed E-state index contributed by atoms with van der Waals surface area (Å²) in [4.78, 5) is 24.0. The second-order valence-corrected chi connectivity index (χ2v) is 5.36. The number of carbonyl (C=O) groups is 1. The van der Waals surface area contributed by atoms with Crippen LogP contribution in [0.15, 0.2) is 36.7 Å².